The molecule has 0 saturated heterocycles. The number of nitrogens with zero attached hydrogens (tertiary/aromatic N) is 2. The van der Waals surface area contributed by atoms with E-state index in [1.54, 1.807) is 0 Å². The first-order chi connectivity index (χ1) is 12.5. The summed E-state index contributed by atoms with van der Waals surface area (Å²) in [6.07, 6.45) is 1.80. The molecule has 1 fully saturated rings. The molecule has 2 aliphatic carbocycles. The number of carbonyl (C=O) groups excluding carboxylic acids is 1. The molecule has 26 heavy (non-hydrogen) atoms. The number of hydrogen-bond acceptors (Lipinski definition) is 3. The maximum Gasteiger partial charge on any atom is 0.237 e. The van der Waals surface area contributed by atoms with E-state index in [2.05, 4.69) is 19.2 Å². The van der Waals surface area contributed by atoms with Crippen molar-refractivity contribution in [2.45, 2.75) is 38.0 Å². The van der Waals surface area contributed by atoms with E-state index in [9.17, 15) is 4.79 Å². The van der Waals surface area contributed by atoms with Gasteiger partial charge in [-0.1, -0.05) is 44.2 Å². The van der Waals surface area contributed by atoms with Crippen LogP contribution in [0.1, 0.15) is 44.0 Å². The van der Waals surface area contributed by atoms with E-state index in [4.69, 9.17) is 9.97 Å². The van der Waals surface area contributed by atoms with Gasteiger partial charge in [0.25, 0.3) is 0 Å². The van der Waals surface area contributed by atoms with Gasteiger partial charge in [0.1, 0.15) is 0 Å². The lowest BCUT2D eigenvalue weighted by Gasteiger charge is -2.36. The van der Waals surface area contributed by atoms with Gasteiger partial charge in [-0.15, -0.1) is 0 Å². The summed E-state index contributed by atoms with van der Waals surface area (Å²) in [6.45, 7) is 4.40. The van der Waals surface area contributed by atoms with Crippen LogP contribution in [0.3, 0.4) is 0 Å². The average molecular weight is 343 g/mol. The summed E-state index contributed by atoms with van der Waals surface area (Å²) >= 11 is 0. The van der Waals surface area contributed by atoms with Crippen molar-refractivity contribution in [2.75, 3.05) is 5.32 Å². The number of nitrogens with one attached hydrogen (secondary N) is 1. The largest absolute Gasteiger partial charge is 0.325 e. The quantitative estimate of drug-likeness (QED) is 0.749. The second-order valence-electron chi connectivity index (χ2n) is 7.98. The maximum absolute atomic E-state index is 13.5. The van der Waals surface area contributed by atoms with E-state index in [1.807, 2.05) is 54.6 Å². The summed E-state index contributed by atoms with van der Waals surface area (Å²) in [6, 6.07) is 17.6. The maximum atomic E-state index is 13.5. The number of hydrogen-bond donors (Lipinski definition) is 1. The molecule has 1 saturated carbocycles. The number of rotatable bonds is 2. The lowest BCUT2D eigenvalue weighted by Crippen LogP contribution is -2.46. The molecule has 130 valence electrons. The zero-order valence-electron chi connectivity index (χ0n) is 15.0. The molecule has 0 aliphatic heterocycles. The smallest absolute Gasteiger partial charge is 0.237 e. The third-order valence-corrected chi connectivity index (χ3v) is 6.53. The van der Waals surface area contributed by atoms with Crippen molar-refractivity contribution in [3.8, 4) is 0 Å². The number of para-hydroxylation sites is 3. The number of carbonyl (C=O) groups is 1. The van der Waals surface area contributed by atoms with E-state index >= 15 is 0 Å². The fourth-order valence-corrected chi connectivity index (χ4v) is 5.09. The Hall–Kier alpha value is -2.75. The Balaban J connectivity index is 1.68. The molecule has 3 aromatic rings. The number of anilines is 1. The van der Waals surface area contributed by atoms with Gasteiger partial charge in [-0.3, -0.25) is 4.79 Å². The van der Waals surface area contributed by atoms with Gasteiger partial charge in [-0.2, -0.15) is 0 Å². The van der Waals surface area contributed by atoms with E-state index in [1.165, 1.54) is 0 Å². The van der Waals surface area contributed by atoms with Crippen molar-refractivity contribution in [1.82, 2.24) is 9.97 Å². The Morgan fingerprint density at radius 2 is 1.65 bits per heavy atom. The first-order valence-electron chi connectivity index (χ1n) is 9.18. The van der Waals surface area contributed by atoms with E-state index in [0.29, 0.717) is 0 Å². The third-order valence-electron chi connectivity index (χ3n) is 6.53. The van der Waals surface area contributed by atoms with Gasteiger partial charge in [0.2, 0.25) is 5.91 Å². The van der Waals surface area contributed by atoms with E-state index < -0.39 is 5.41 Å². The van der Waals surface area contributed by atoms with Crippen LogP contribution in [0.5, 0.6) is 0 Å². The van der Waals surface area contributed by atoms with Crippen LogP contribution in [-0.2, 0) is 10.2 Å². The molecule has 2 aromatic carbocycles. The molecule has 4 heteroatoms. The molecular weight excluding hydrogens is 322 g/mol. The van der Waals surface area contributed by atoms with Crippen molar-refractivity contribution in [1.29, 1.82) is 0 Å². The van der Waals surface area contributed by atoms with Crippen LogP contribution in [0, 0.1) is 5.41 Å². The molecule has 1 aromatic heterocycles. The Bertz CT molecular complexity index is 1030. The number of fused-ring (bicyclic) bond motifs is 6. The summed E-state index contributed by atoms with van der Waals surface area (Å²) in [7, 11) is 0. The fraction of sp³-hybridized carbons (Fsp3) is 0.318. The molecule has 0 radical (unpaired) electrons. The Kier molecular flexibility index (Phi) is 3.06. The van der Waals surface area contributed by atoms with Gasteiger partial charge in [-0.05, 0) is 42.5 Å². The fourth-order valence-electron chi connectivity index (χ4n) is 5.09. The van der Waals surface area contributed by atoms with Crippen molar-refractivity contribution in [2.24, 2.45) is 5.41 Å². The predicted octanol–water partition coefficient (Wildman–Crippen LogP) is 4.42. The minimum absolute atomic E-state index is 0.0412. The van der Waals surface area contributed by atoms with Crippen LogP contribution >= 0.6 is 0 Å². The van der Waals surface area contributed by atoms with E-state index in [0.717, 1.165) is 41.0 Å². The first-order valence-corrected chi connectivity index (χ1v) is 9.18. The minimum atomic E-state index is -0.625. The third kappa shape index (κ3) is 1.82. The second-order valence-corrected chi connectivity index (χ2v) is 7.98. The Morgan fingerprint density at radius 3 is 2.38 bits per heavy atom. The molecular formula is C22H21N3O. The van der Waals surface area contributed by atoms with Gasteiger partial charge in [-0.25, -0.2) is 9.97 Å². The molecule has 1 heterocycles. The molecule has 0 spiro atoms. The predicted molar refractivity (Wildman–Crippen MR) is 102 cm³/mol. The zero-order chi connectivity index (χ0) is 17.9. The summed E-state index contributed by atoms with van der Waals surface area (Å²) in [5, 5.41) is 3.14. The van der Waals surface area contributed by atoms with Crippen LogP contribution < -0.4 is 5.32 Å². The van der Waals surface area contributed by atoms with Crippen molar-refractivity contribution >= 4 is 22.6 Å². The highest BCUT2D eigenvalue weighted by Gasteiger charge is 2.67. The highest BCUT2D eigenvalue weighted by Crippen LogP contribution is 2.67. The Labute approximate surface area is 152 Å². The summed E-state index contributed by atoms with van der Waals surface area (Å²) < 4.78 is 0. The van der Waals surface area contributed by atoms with Gasteiger partial charge < -0.3 is 5.32 Å². The van der Waals surface area contributed by atoms with Crippen LogP contribution in [0.15, 0.2) is 54.6 Å². The monoisotopic (exact) mass is 343 g/mol. The zero-order valence-corrected chi connectivity index (χ0v) is 15.0. The summed E-state index contributed by atoms with van der Waals surface area (Å²) in [4.78, 5) is 23.4. The topological polar surface area (TPSA) is 54.9 Å². The summed E-state index contributed by atoms with van der Waals surface area (Å²) in [5.74, 6) is 0.315. The number of aromatic nitrogens is 2. The van der Waals surface area contributed by atoms with Gasteiger partial charge in [0.15, 0.2) is 0 Å². The number of benzene rings is 2. The van der Waals surface area contributed by atoms with Crippen molar-refractivity contribution in [3.05, 3.63) is 66.0 Å². The molecule has 1 N–H and O–H groups in total. The Morgan fingerprint density at radius 1 is 1.00 bits per heavy atom. The van der Waals surface area contributed by atoms with Crippen LogP contribution in [0.4, 0.5) is 5.69 Å². The van der Waals surface area contributed by atoms with Crippen molar-refractivity contribution < 1.29 is 4.79 Å². The highest BCUT2D eigenvalue weighted by molar-refractivity contribution is 6.01. The van der Waals surface area contributed by atoms with Gasteiger partial charge in [0.05, 0.1) is 27.8 Å². The van der Waals surface area contributed by atoms with Crippen molar-refractivity contribution in [3.63, 3.8) is 0 Å². The van der Waals surface area contributed by atoms with Gasteiger partial charge in [0, 0.05) is 11.6 Å². The first kappa shape index (κ1) is 15.5. The highest BCUT2D eigenvalue weighted by atomic mass is 16.2. The normalized spacial score (nSPS) is 25.2. The van der Waals surface area contributed by atoms with Crippen LogP contribution in [0.25, 0.3) is 11.0 Å². The SMILES string of the molecule is CC1(C)C2CCC1(C(=O)Nc1ccccc1)c1nc3ccccc3nc12. The minimum Gasteiger partial charge on any atom is -0.325 e. The summed E-state index contributed by atoms with van der Waals surface area (Å²) in [5.41, 5.74) is 3.67. The molecule has 1 amide bonds. The lowest BCUT2D eigenvalue weighted by atomic mass is 9.67. The molecule has 2 aliphatic rings. The molecule has 4 nitrogen and oxygen atoms in total. The molecule has 2 bridgehead atoms. The molecule has 5 rings (SSSR count). The molecule has 2 atom stereocenters. The lowest BCUT2D eigenvalue weighted by molar-refractivity contribution is -0.124. The molecule has 2 unspecified atom stereocenters. The van der Waals surface area contributed by atoms with Crippen LogP contribution in [-0.4, -0.2) is 15.9 Å². The van der Waals surface area contributed by atoms with Crippen LogP contribution in [0.2, 0.25) is 0 Å². The standard InChI is InChI=1S/C22H21N3O/c1-21(2)15-12-13-22(21,20(26)23-14-8-4-3-5-9-14)19-18(15)24-16-10-6-7-11-17(16)25-19/h3-11,15H,12-13H2,1-2H3,(H,23,26). The number of amides is 1. The van der Waals surface area contributed by atoms with Gasteiger partial charge >= 0.3 is 0 Å². The second kappa shape index (κ2) is 5.13. The average Bonchev–Trinajstić information content (AvgIpc) is 3.02. The van der Waals surface area contributed by atoms with E-state index in [-0.39, 0.29) is 17.2 Å².